The summed E-state index contributed by atoms with van der Waals surface area (Å²) in [6, 6.07) is 5.47. The second kappa shape index (κ2) is 7.80. The Hall–Kier alpha value is -1.07. The van der Waals surface area contributed by atoms with E-state index in [-0.39, 0.29) is 5.91 Å². The van der Waals surface area contributed by atoms with Crippen LogP contribution in [-0.4, -0.2) is 44.2 Å². The van der Waals surface area contributed by atoms with Crippen LogP contribution in [0.15, 0.2) is 22.7 Å². The molecule has 0 saturated carbocycles. The summed E-state index contributed by atoms with van der Waals surface area (Å²) in [5, 5.41) is 0. The van der Waals surface area contributed by atoms with Gasteiger partial charge in [-0.1, -0.05) is 15.9 Å². The smallest absolute Gasteiger partial charge is 0.257 e. The van der Waals surface area contributed by atoms with Crippen molar-refractivity contribution < 1.29 is 14.3 Å². The highest BCUT2D eigenvalue weighted by molar-refractivity contribution is 9.10. The monoisotopic (exact) mass is 355 g/mol. The first-order valence-electron chi connectivity index (χ1n) is 7.32. The van der Waals surface area contributed by atoms with Crippen molar-refractivity contribution in [3.8, 4) is 5.75 Å². The van der Waals surface area contributed by atoms with E-state index in [0.717, 1.165) is 30.3 Å². The molecule has 0 bridgehead atoms. The van der Waals surface area contributed by atoms with Gasteiger partial charge in [-0.15, -0.1) is 0 Å². The van der Waals surface area contributed by atoms with E-state index in [9.17, 15) is 4.79 Å². The van der Waals surface area contributed by atoms with Crippen molar-refractivity contribution >= 4 is 21.8 Å². The third-order valence-electron chi connectivity index (χ3n) is 3.80. The van der Waals surface area contributed by atoms with Gasteiger partial charge in [-0.3, -0.25) is 4.79 Å². The maximum Gasteiger partial charge on any atom is 0.257 e. The van der Waals surface area contributed by atoms with Gasteiger partial charge in [0.05, 0.1) is 18.8 Å². The number of carbonyl (C=O) groups excluding carboxylic acids is 1. The number of ether oxygens (including phenoxy) is 2. The fourth-order valence-electron chi connectivity index (χ4n) is 2.53. The van der Waals surface area contributed by atoms with E-state index in [2.05, 4.69) is 15.9 Å². The molecule has 1 unspecified atom stereocenters. The molecule has 1 atom stereocenters. The summed E-state index contributed by atoms with van der Waals surface area (Å²) in [6.45, 7) is 1.54. The molecular weight excluding hydrogens is 334 g/mol. The molecule has 116 valence electrons. The molecule has 0 N–H and O–H groups in total. The maximum atomic E-state index is 12.5. The van der Waals surface area contributed by atoms with Crippen molar-refractivity contribution in [2.24, 2.45) is 0 Å². The second-order valence-corrected chi connectivity index (χ2v) is 6.26. The first-order chi connectivity index (χ1) is 10.1. The molecule has 1 aromatic rings. The number of benzene rings is 1. The van der Waals surface area contributed by atoms with Gasteiger partial charge >= 0.3 is 0 Å². The minimum Gasteiger partial charge on any atom is -0.496 e. The second-order valence-electron chi connectivity index (χ2n) is 5.35. The fourth-order valence-corrected chi connectivity index (χ4v) is 2.89. The van der Waals surface area contributed by atoms with Crippen LogP contribution in [0.4, 0.5) is 0 Å². The van der Waals surface area contributed by atoms with Gasteiger partial charge in [0.15, 0.2) is 0 Å². The van der Waals surface area contributed by atoms with Gasteiger partial charge in [0, 0.05) is 24.7 Å². The topological polar surface area (TPSA) is 38.8 Å². The molecule has 1 aliphatic rings. The number of rotatable bonds is 5. The first kappa shape index (κ1) is 16.3. The molecule has 1 aromatic carbocycles. The lowest BCUT2D eigenvalue weighted by Gasteiger charge is -2.25. The Labute approximate surface area is 134 Å². The number of hydrogen-bond acceptors (Lipinski definition) is 3. The average Bonchev–Trinajstić information content (AvgIpc) is 2.52. The minimum absolute atomic E-state index is 0.0241. The number of halogens is 1. The lowest BCUT2D eigenvalue weighted by Crippen LogP contribution is -2.31. The standard InChI is InChI=1S/C16H22BrNO3/c1-18(9-8-13-5-3-4-10-21-13)16(19)14-11-12(17)6-7-15(14)20-2/h6-7,11,13H,3-5,8-10H2,1-2H3. The quantitative estimate of drug-likeness (QED) is 0.811. The van der Waals surface area contributed by atoms with Gasteiger partial charge < -0.3 is 14.4 Å². The Morgan fingerprint density at radius 1 is 1.48 bits per heavy atom. The van der Waals surface area contributed by atoms with Crippen LogP contribution in [0.1, 0.15) is 36.0 Å². The SMILES string of the molecule is COc1ccc(Br)cc1C(=O)N(C)CCC1CCCCO1. The Bertz CT molecular complexity index is 486. The molecule has 5 heteroatoms. The third-order valence-corrected chi connectivity index (χ3v) is 4.29. The molecule has 1 fully saturated rings. The third kappa shape index (κ3) is 4.45. The summed E-state index contributed by atoms with van der Waals surface area (Å²) in [7, 11) is 3.40. The predicted molar refractivity (Wildman–Crippen MR) is 85.9 cm³/mol. The molecule has 4 nitrogen and oxygen atoms in total. The summed E-state index contributed by atoms with van der Waals surface area (Å²) < 4.78 is 11.9. The lowest BCUT2D eigenvalue weighted by atomic mass is 10.1. The van der Waals surface area contributed by atoms with E-state index in [1.54, 1.807) is 24.1 Å². The highest BCUT2D eigenvalue weighted by Crippen LogP contribution is 2.24. The minimum atomic E-state index is -0.0241. The Morgan fingerprint density at radius 3 is 2.95 bits per heavy atom. The van der Waals surface area contributed by atoms with Crippen molar-refractivity contribution in [2.45, 2.75) is 31.8 Å². The van der Waals surface area contributed by atoms with E-state index < -0.39 is 0 Å². The molecule has 21 heavy (non-hydrogen) atoms. The van der Waals surface area contributed by atoms with Gasteiger partial charge in [-0.2, -0.15) is 0 Å². The van der Waals surface area contributed by atoms with Gasteiger partial charge in [-0.05, 0) is 43.9 Å². The van der Waals surface area contributed by atoms with E-state index in [4.69, 9.17) is 9.47 Å². The van der Waals surface area contributed by atoms with Crippen LogP contribution in [-0.2, 0) is 4.74 Å². The van der Waals surface area contributed by atoms with E-state index in [1.807, 2.05) is 13.1 Å². The summed E-state index contributed by atoms with van der Waals surface area (Å²) in [5.41, 5.74) is 0.582. The van der Waals surface area contributed by atoms with Gasteiger partial charge in [0.1, 0.15) is 5.75 Å². The van der Waals surface area contributed by atoms with Crippen molar-refractivity contribution in [2.75, 3.05) is 27.3 Å². The van der Waals surface area contributed by atoms with Crippen molar-refractivity contribution in [1.82, 2.24) is 4.90 Å². The molecular formula is C16H22BrNO3. The summed E-state index contributed by atoms with van der Waals surface area (Å²) >= 11 is 3.40. The molecule has 0 spiro atoms. The highest BCUT2D eigenvalue weighted by atomic mass is 79.9. The summed E-state index contributed by atoms with van der Waals surface area (Å²) in [5.74, 6) is 0.577. The van der Waals surface area contributed by atoms with Gasteiger partial charge in [0.25, 0.3) is 5.91 Å². The normalized spacial score (nSPS) is 18.3. The van der Waals surface area contributed by atoms with E-state index >= 15 is 0 Å². The molecule has 0 radical (unpaired) electrons. The number of carbonyl (C=O) groups is 1. The Morgan fingerprint density at radius 2 is 2.29 bits per heavy atom. The molecule has 1 saturated heterocycles. The average molecular weight is 356 g/mol. The number of methoxy groups -OCH3 is 1. The highest BCUT2D eigenvalue weighted by Gasteiger charge is 2.19. The lowest BCUT2D eigenvalue weighted by molar-refractivity contribution is 0.00707. The van der Waals surface area contributed by atoms with Crippen LogP contribution in [0.2, 0.25) is 0 Å². The van der Waals surface area contributed by atoms with Crippen LogP contribution < -0.4 is 4.74 Å². The molecule has 1 amide bonds. The molecule has 1 aliphatic heterocycles. The first-order valence-corrected chi connectivity index (χ1v) is 8.11. The van der Waals surface area contributed by atoms with E-state index in [0.29, 0.717) is 24.0 Å². The maximum absolute atomic E-state index is 12.5. The zero-order valence-electron chi connectivity index (χ0n) is 12.6. The fraction of sp³-hybridized carbons (Fsp3) is 0.562. The Kier molecular flexibility index (Phi) is 6.06. The number of amides is 1. The van der Waals surface area contributed by atoms with Gasteiger partial charge in [0.2, 0.25) is 0 Å². The molecule has 1 heterocycles. The van der Waals surface area contributed by atoms with Crippen molar-refractivity contribution in [3.63, 3.8) is 0 Å². The summed E-state index contributed by atoms with van der Waals surface area (Å²) in [4.78, 5) is 14.3. The number of nitrogens with zero attached hydrogens (tertiary/aromatic N) is 1. The summed E-state index contributed by atoms with van der Waals surface area (Å²) in [6.07, 6.45) is 4.65. The van der Waals surface area contributed by atoms with Crippen LogP contribution >= 0.6 is 15.9 Å². The predicted octanol–water partition coefficient (Wildman–Crippen LogP) is 3.49. The van der Waals surface area contributed by atoms with Crippen molar-refractivity contribution in [1.29, 1.82) is 0 Å². The van der Waals surface area contributed by atoms with Gasteiger partial charge in [-0.25, -0.2) is 0 Å². The zero-order chi connectivity index (χ0) is 15.2. The van der Waals surface area contributed by atoms with Crippen LogP contribution in [0.25, 0.3) is 0 Å². The molecule has 2 rings (SSSR count). The zero-order valence-corrected chi connectivity index (χ0v) is 14.2. The Balaban J connectivity index is 1.96. The molecule has 0 aliphatic carbocycles. The largest absolute Gasteiger partial charge is 0.496 e. The van der Waals surface area contributed by atoms with E-state index in [1.165, 1.54) is 6.42 Å². The number of hydrogen-bond donors (Lipinski definition) is 0. The molecule has 0 aromatic heterocycles. The van der Waals surface area contributed by atoms with Crippen LogP contribution in [0.5, 0.6) is 5.75 Å². The van der Waals surface area contributed by atoms with Crippen LogP contribution in [0.3, 0.4) is 0 Å². The van der Waals surface area contributed by atoms with Crippen molar-refractivity contribution in [3.05, 3.63) is 28.2 Å². The van der Waals surface area contributed by atoms with Crippen LogP contribution in [0, 0.1) is 0 Å².